The van der Waals surface area contributed by atoms with Crippen LogP contribution in [0.3, 0.4) is 0 Å². The highest BCUT2D eigenvalue weighted by Crippen LogP contribution is 2.26. The van der Waals surface area contributed by atoms with E-state index >= 15 is 0 Å². The Morgan fingerprint density at radius 3 is 2.90 bits per heavy atom. The van der Waals surface area contributed by atoms with Crippen LogP contribution in [0.15, 0.2) is 18.3 Å². The second-order valence-electron chi connectivity index (χ2n) is 6.71. The summed E-state index contributed by atoms with van der Waals surface area (Å²) in [6.07, 6.45) is 7.09. The molecule has 0 saturated heterocycles. The molecule has 4 nitrogen and oxygen atoms in total. The number of aromatic nitrogens is 1. The molecular formula is C17H27N3O. The van der Waals surface area contributed by atoms with Gasteiger partial charge in [0.1, 0.15) is 0 Å². The molecule has 1 aromatic rings. The highest BCUT2D eigenvalue weighted by molar-refractivity contribution is 5.78. The fraction of sp³-hybridized carbons (Fsp3) is 0.706. The Labute approximate surface area is 127 Å². The van der Waals surface area contributed by atoms with Gasteiger partial charge in [-0.2, -0.15) is 0 Å². The van der Waals surface area contributed by atoms with Gasteiger partial charge >= 0.3 is 0 Å². The molecule has 0 radical (unpaired) electrons. The summed E-state index contributed by atoms with van der Waals surface area (Å²) in [5, 5.41) is 3.27. The van der Waals surface area contributed by atoms with Crippen LogP contribution in [0.5, 0.6) is 0 Å². The summed E-state index contributed by atoms with van der Waals surface area (Å²) < 4.78 is 2.29. The summed E-state index contributed by atoms with van der Waals surface area (Å²) >= 11 is 0. The van der Waals surface area contributed by atoms with E-state index in [2.05, 4.69) is 47.0 Å². The lowest BCUT2D eigenvalue weighted by Crippen LogP contribution is -2.47. The molecule has 1 saturated carbocycles. The molecule has 2 aliphatic rings. The minimum atomic E-state index is 0.195. The lowest BCUT2D eigenvalue weighted by atomic mass is 9.86. The molecule has 1 aromatic heterocycles. The third-order valence-electron chi connectivity index (χ3n) is 5.27. The highest BCUT2D eigenvalue weighted by Gasteiger charge is 2.27. The topological polar surface area (TPSA) is 37.3 Å². The molecule has 1 aliphatic heterocycles. The van der Waals surface area contributed by atoms with Crippen molar-refractivity contribution in [1.82, 2.24) is 14.8 Å². The Bertz CT molecular complexity index is 496. The van der Waals surface area contributed by atoms with E-state index in [0.29, 0.717) is 24.5 Å². The molecule has 21 heavy (non-hydrogen) atoms. The van der Waals surface area contributed by atoms with Crippen molar-refractivity contribution in [2.45, 2.75) is 58.2 Å². The maximum atomic E-state index is 12.4. The molecule has 2 heterocycles. The second kappa shape index (κ2) is 6.22. The van der Waals surface area contributed by atoms with E-state index in [0.717, 1.165) is 19.5 Å². The third-order valence-corrected chi connectivity index (χ3v) is 5.27. The lowest BCUT2D eigenvalue weighted by molar-refractivity contribution is -0.124. The first-order valence-corrected chi connectivity index (χ1v) is 8.33. The normalized spacial score (nSPS) is 29.9. The number of fused-ring (bicyclic) bond motifs is 1. The van der Waals surface area contributed by atoms with Crippen LogP contribution in [0.1, 0.15) is 51.3 Å². The van der Waals surface area contributed by atoms with Crippen molar-refractivity contribution < 1.29 is 4.79 Å². The summed E-state index contributed by atoms with van der Waals surface area (Å²) in [6, 6.07) is 4.97. The summed E-state index contributed by atoms with van der Waals surface area (Å²) in [6.45, 7) is 6.92. The molecule has 1 aliphatic carbocycles. The van der Waals surface area contributed by atoms with Crippen LogP contribution in [-0.4, -0.2) is 34.5 Å². The van der Waals surface area contributed by atoms with Gasteiger partial charge in [-0.3, -0.25) is 9.69 Å². The van der Waals surface area contributed by atoms with Crippen LogP contribution in [0, 0.1) is 5.92 Å². The van der Waals surface area contributed by atoms with Gasteiger partial charge in [-0.1, -0.05) is 19.8 Å². The van der Waals surface area contributed by atoms with Gasteiger partial charge in [0.25, 0.3) is 0 Å². The second-order valence-corrected chi connectivity index (χ2v) is 6.71. The zero-order valence-electron chi connectivity index (χ0n) is 13.2. The predicted octanol–water partition coefficient (Wildman–Crippen LogP) is 2.56. The van der Waals surface area contributed by atoms with E-state index in [1.807, 2.05) is 0 Å². The molecule has 0 unspecified atom stereocenters. The predicted molar refractivity (Wildman–Crippen MR) is 84.0 cm³/mol. The molecule has 1 N–H and O–H groups in total. The molecule has 3 atom stereocenters. The first-order valence-electron chi connectivity index (χ1n) is 8.33. The molecule has 3 rings (SSSR count). The Balaban J connectivity index is 1.56. The number of amides is 1. The van der Waals surface area contributed by atoms with Crippen LogP contribution in [0.2, 0.25) is 0 Å². The number of rotatable bonds is 3. The zero-order valence-corrected chi connectivity index (χ0v) is 13.2. The fourth-order valence-corrected chi connectivity index (χ4v) is 3.81. The van der Waals surface area contributed by atoms with Gasteiger partial charge in [-0.15, -0.1) is 0 Å². The van der Waals surface area contributed by atoms with Crippen molar-refractivity contribution in [1.29, 1.82) is 0 Å². The van der Waals surface area contributed by atoms with Crippen molar-refractivity contribution in [3.63, 3.8) is 0 Å². The third kappa shape index (κ3) is 3.15. The largest absolute Gasteiger partial charge is 0.352 e. The van der Waals surface area contributed by atoms with Crippen molar-refractivity contribution in [3.05, 3.63) is 24.0 Å². The van der Waals surface area contributed by atoms with Crippen LogP contribution >= 0.6 is 0 Å². The Morgan fingerprint density at radius 1 is 1.29 bits per heavy atom. The molecule has 116 valence electrons. The molecule has 0 aromatic carbocycles. The average Bonchev–Trinajstić information content (AvgIpc) is 2.94. The molecular weight excluding hydrogens is 262 g/mol. The van der Waals surface area contributed by atoms with Crippen molar-refractivity contribution in [2.75, 3.05) is 13.1 Å². The number of nitrogens with one attached hydrogen (secondary N) is 1. The lowest BCUT2D eigenvalue weighted by Gasteiger charge is -2.35. The van der Waals surface area contributed by atoms with Crippen molar-refractivity contribution in [3.8, 4) is 0 Å². The van der Waals surface area contributed by atoms with E-state index in [-0.39, 0.29) is 5.91 Å². The van der Waals surface area contributed by atoms with Crippen LogP contribution in [0.4, 0.5) is 0 Å². The maximum Gasteiger partial charge on any atom is 0.234 e. The van der Waals surface area contributed by atoms with Crippen LogP contribution < -0.4 is 5.32 Å². The molecule has 1 fully saturated rings. The number of carbonyl (C=O) groups excluding carboxylic acids is 1. The van der Waals surface area contributed by atoms with Crippen molar-refractivity contribution in [2.24, 2.45) is 5.92 Å². The van der Waals surface area contributed by atoms with Gasteiger partial charge in [0.2, 0.25) is 5.91 Å². The van der Waals surface area contributed by atoms with Gasteiger partial charge in [0.05, 0.1) is 6.54 Å². The SMILES string of the molecule is C[C@@H]1CCCC[C@H]1NC(=O)CN1CCn2cccc2[C@H]1C. The summed E-state index contributed by atoms with van der Waals surface area (Å²) in [5.41, 5.74) is 1.32. The van der Waals surface area contributed by atoms with Crippen LogP contribution in [-0.2, 0) is 11.3 Å². The standard InChI is InChI=1S/C17H27N3O/c1-13-6-3-4-7-15(13)18-17(21)12-20-11-10-19-9-5-8-16(19)14(20)2/h5,8-9,13-15H,3-4,6-7,10-12H2,1-2H3,(H,18,21)/t13-,14-,15-/m1/s1. The van der Waals surface area contributed by atoms with Gasteiger partial charge in [0.15, 0.2) is 0 Å². The quantitative estimate of drug-likeness (QED) is 0.928. The zero-order chi connectivity index (χ0) is 14.8. The van der Waals surface area contributed by atoms with E-state index in [9.17, 15) is 4.79 Å². The van der Waals surface area contributed by atoms with E-state index in [1.165, 1.54) is 25.0 Å². The minimum absolute atomic E-state index is 0.195. The van der Waals surface area contributed by atoms with Gasteiger partial charge in [-0.05, 0) is 37.8 Å². The Morgan fingerprint density at radius 2 is 2.10 bits per heavy atom. The Hall–Kier alpha value is -1.29. The fourth-order valence-electron chi connectivity index (χ4n) is 3.81. The van der Waals surface area contributed by atoms with Gasteiger partial charge in [-0.25, -0.2) is 0 Å². The molecule has 4 heteroatoms. The summed E-state index contributed by atoms with van der Waals surface area (Å²) in [7, 11) is 0. The molecule has 1 amide bonds. The number of carbonyl (C=O) groups is 1. The minimum Gasteiger partial charge on any atom is -0.352 e. The average molecular weight is 289 g/mol. The summed E-state index contributed by atoms with van der Waals surface area (Å²) in [4.78, 5) is 14.7. The smallest absolute Gasteiger partial charge is 0.234 e. The Kier molecular flexibility index (Phi) is 4.34. The highest BCUT2D eigenvalue weighted by atomic mass is 16.2. The van der Waals surface area contributed by atoms with Gasteiger partial charge < -0.3 is 9.88 Å². The van der Waals surface area contributed by atoms with E-state index in [1.54, 1.807) is 0 Å². The number of hydrogen-bond donors (Lipinski definition) is 1. The van der Waals surface area contributed by atoms with E-state index < -0.39 is 0 Å². The van der Waals surface area contributed by atoms with Crippen LogP contribution in [0.25, 0.3) is 0 Å². The van der Waals surface area contributed by atoms with Gasteiger partial charge in [0, 0.05) is 37.1 Å². The molecule has 0 bridgehead atoms. The first-order chi connectivity index (χ1) is 10.1. The summed E-state index contributed by atoms with van der Waals surface area (Å²) in [5.74, 6) is 0.819. The van der Waals surface area contributed by atoms with Crippen molar-refractivity contribution >= 4 is 5.91 Å². The number of hydrogen-bond acceptors (Lipinski definition) is 2. The molecule has 0 spiro atoms. The maximum absolute atomic E-state index is 12.4. The van der Waals surface area contributed by atoms with E-state index in [4.69, 9.17) is 0 Å². The number of nitrogens with zero attached hydrogens (tertiary/aromatic N) is 2. The first kappa shape index (κ1) is 14.6. The monoisotopic (exact) mass is 289 g/mol.